The molecule has 4 aromatic rings. The van der Waals surface area contributed by atoms with E-state index < -0.39 is 29.4 Å². The highest BCUT2D eigenvalue weighted by atomic mass is 35.5. The van der Waals surface area contributed by atoms with Gasteiger partial charge in [0.25, 0.3) is 5.91 Å². The van der Waals surface area contributed by atoms with E-state index in [1.165, 1.54) is 36.4 Å². The third kappa shape index (κ3) is 5.84. The van der Waals surface area contributed by atoms with Crippen LogP contribution < -0.4 is 10.1 Å². The van der Waals surface area contributed by atoms with Gasteiger partial charge >= 0.3 is 12.2 Å². The number of carbonyl (C=O) groups is 2. The number of hydrogen-bond donors (Lipinski definition) is 2. The molecule has 4 rings (SSSR count). The van der Waals surface area contributed by atoms with E-state index in [4.69, 9.17) is 20.8 Å². The van der Waals surface area contributed by atoms with Crippen molar-refractivity contribution < 1.29 is 31.9 Å². The van der Waals surface area contributed by atoms with Gasteiger partial charge in [-0.15, -0.1) is 0 Å². The molecule has 6 nitrogen and oxygen atoms in total. The van der Waals surface area contributed by atoms with Crippen molar-refractivity contribution in [1.29, 1.82) is 0 Å². The molecule has 0 aliphatic carbocycles. The molecule has 1 heterocycles. The zero-order chi connectivity index (χ0) is 25.9. The van der Waals surface area contributed by atoms with Crippen LogP contribution in [0.15, 0.2) is 89.3 Å². The molecule has 3 amide bonds. The maximum Gasteiger partial charge on any atom is 0.450 e. The second-order valence-corrected chi connectivity index (χ2v) is 8.18. The summed E-state index contributed by atoms with van der Waals surface area (Å²) in [6, 6.07) is 20.7. The second kappa shape index (κ2) is 10.4. The van der Waals surface area contributed by atoms with Gasteiger partial charge in [0, 0.05) is 22.3 Å². The fourth-order valence-electron chi connectivity index (χ4n) is 3.16. The van der Waals surface area contributed by atoms with Gasteiger partial charge in [-0.1, -0.05) is 48.7 Å². The molecule has 3 aromatic carbocycles. The number of rotatable bonds is 5. The maximum atomic E-state index is 13.6. The molecule has 0 spiro atoms. The number of alkyl halides is 3. The Labute approximate surface area is 213 Å². The number of urea groups is 1. The number of thiol groups is 1. The number of imide groups is 1. The lowest BCUT2D eigenvalue weighted by molar-refractivity contribution is -0.153. The first kappa shape index (κ1) is 25.2. The van der Waals surface area contributed by atoms with Crippen LogP contribution in [-0.4, -0.2) is 16.2 Å². The van der Waals surface area contributed by atoms with Crippen molar-refractivity contribution in [2.24, 2.45) is 0 Å². The predicted molar refractivity (Wildman–Crippen MR) is 131 cm³/mol. The molecule has 0 aliphatic rings. The zero-order valence-corrected chi connectivity index (χ0v) is 19.8. The Hall–Kier alpha value is -3.89. The second-order valence-electron chi connectivity index (χ2n) is 7.35. The molecule has 0 atom stereocenters. The molecular formula is C25H16ClF3N2O4S. The van der Waals surface area contributed by atoms with Gasteiger partial charge < -0.3 is 14.5 Å². The zero-order valence-electron chi connectivity index (χ0n) is 18.1. The number of carbonyl (C=O) groups excluding carboxylic acids is 2. The summed E-state index contributed by atoms with van der Waals surface area (Å²) in [6.07, 6.45) is -5.00. The molecule has 0 bridgehead atoms. The van der Waals surface area contributed by atoms with Crippen LogP contribution >= 0.6 is 24.4 Å². The van der Waals surface area contributed by atoms with Crippen LogP contribution in [-0.2, 0) is 6.18 Å². The summed E-state index contributed by atoms with van der Waals surface area (Å²) in [6.45, 7) is 0. The highest BCUT2D eigenvalue weighted by molar-refractivity contribution is 7.79. The number of nitrogens with one attached hydrogen (secondary N) is 1. The maximum absolute atomic E-state index is 13.6. The number of halogens is 4. The van der Waals surface area contributed by atoms with Crippen molar-refractivity contribution in [3.05, 3.63) is 101 Å². The van der Waals surface area contributed by atoms with E-state index in [1.54, 1.807) is 36.4 Å². The standard InChI is InChI=1S/C25H16ClF3N2O4S/c26-16-11-9-15(10-12-16)21-14-20(22(35-21)25(27,28)29)23(32)31(36)24(33)30-17-5-4-8-19(13-17)34-18-6-2-1-3-7-18/h1-14,36H,(H,30,33). The topological polar surface area (TPSA) is 71.8 Å². The molecule has 11 heteroatoms. The van der Waals surface area contributed by atoms with Crippen LogP contribution in [0.5, 0.6) is 11.5 Å². The van der Waals surface area contributed by atoms with E-state index in [1.807, 2.05) is 6.07 Å². The van der Waals surface area contributed by atoms with Crippen molar-refractivity contribution in [1.82, 2.24) is 4.31 Å². The third-order valence-corrected chi connectivity index (χ3v) is 5.41. The molecule has 0 fully saturated rings. The minimum Gasteiger partial charge on any atom is -0.457 e. The molecule has 0 radical (unpaired) electrons. The van der Waals surface area contributed by atoms with Gasteiger partial charge in [0.05, 0.1) is 5.56 Å². The highest BCUT2D eigenvalue weighted by Gasteiger charge is 2.42. The minimum atomic E-state index is -5.00. The summed E-state index contributed by atoms with van der Waals surface area (Å²) >= 11 is 9.65. The number of amides is 3. The average Bonchev–Trinajstić information content (AvgIpc) is 3.31. The first-order chi connectivity index (χ1) is 17.1. The Kier molecular flexibility index (Phi) is 7.27. The van der Waals surface area contributed by atoms with Crippen LogP contribution in [0.1, 0.15) is 16.1 Å². The molecule has 1 N–H and O–H groups in total. The summed E-state index contributed by atoms with van der Waals surface area (Å²) in [5.41, 5.74) is -0.390. The SMILES string of the molecule is O=C(Nc1cccc(Oc2ccccc2)c1)N(S)C(=O)c1cc(-c2ccc(Cl)cc2)oc1C(F)(F)F. The fraction of sp³-hybridized carbons (Fsp3) is 0.0400. The van der Waals surface area contributed by atoms with E-state index in [9.17, 15) is 22.8 Å². The Morgan fingerprint density at radius 1 is 0.917 bits per heavy atom. The first-order valence-corrected chi connectivity index (χ1v) is 11.0. The number of anilines is 1. The van der Waals surface area contributed by atoms with E-state index in [0.717, 1.165) is 6.07 Å². The Morgan fingerprint density at radius 2 is 1.58 bits per heavy atom. The molecular weight excluding hydrogens is 517 g/mol. The Balaban J connectivity index is 1.54. The highest BCUT2D eigenvalue weighted by Crippen LogP contribution is 2.38. The monoisotopic (exact) mass is 532 g/mol. The van der Waals surface area contributed by atoms with Gasteiger partial charge in [-0.3, -0.25) is 4.79 Å². The van der Waals surface area contributed by atoms with Gasteiger partial charge in [0.1, 0.15) is 17.3 Å². The number of hydrogen-bond acceptors (Lipinski definition) is 5. The lowest BCUT2D eigenvalue weighted by atomic mass is 10.1. The van der Waals surface area contributed by atoms with Crippen LogP contribution in [0.2, 0.25) is 5.02 Å². The Bertz CT molecular complexity index is 1390. The largest absolute Gasteiger partial charge is 0.457 e. The van der Waals surface area contributed by atoms with E-state index in [0.29, 0.717) is 16.5 Å². The molecule has 0 unspecified atom stereocenters. The van der Waals surface area contributed by atoms with Gasteiger partial charge in [-0.05, 0) is 54.6 Å². The lowest BCUT2D eigenvalue weighted by Gasteiger charge is -2.16. The van der Waals surface area contributed by atoms with Gasteiger partial charge in [0.15, 0.2) is 0 Å². The quantitative estimate of drug-likeness (QED) is 0.256. The molecule has 184 valence electrons. The van der Waals surface area contributed by atoms with Crippen molar-refractivity contribution >= 4 is 42.0 Å². The summed E-state index contributed by atoms with van der Waals surface area (Å²) in [7, 11) is 0. The minimum absolute atomic E-state index is 0.227. The van der Waals surface area contributed by atoms with E-state index in [2.05, 4.69) is 18.1 Å². The van der Waals surface area contributed by atoms with Gasteiger partial charge in [-0.2, -0.15) is 13.2 Å². The Morgan fingerprint density at radius 3 is 2.25 bits per heavy atom. The van der Waals surface area contributed by atoms with Crippen LogP contribution in [0.25, 0.3) is 11.3 Å². The summed E-state index contributed by atoms with van der Waals surface area (Å²) in [5.74, 6) is -2.16. The lowest BCUT2D eigenvalue weighted by Crippen LogP contribution is -2.33. The summed E-state index contributed by atoms with van der Waals surface area (Å²) < 4.78 is 51.7. The van der Waals surface area contributed by atoms with Crippen LogP contribution in [0.3, 0.4) is 0 Å². The predicted octanol–water partition coefficient (Wildman–Crippen LogP) is 7.93. The molecule has 0 saturated carbocycles. The van der Waals surface area contributed by atoms with E-state index >= 15 is 0 Å². The normalized spacial score (nSPS) is 11.1. The van der Waals surface area contributed by atoms with E-state index in [-0.39, 0.29) is 21.3 Å². The molecule has 0 saturated heterocycles. The number of nitrogens with zero attached hydrogens (tertiary/aromatic N) is 1. The van der Waals surface area contributed by atoms with Crippen molar-refractivity contribution in [3.8, 4) is 22.8 Å². The molecule has 36 heavy (non-hydrogen) atoms. The van der Waals surface area contributed by atoms with Crippen LogP contribution in [0, 0.1) is 0 Å². The smallest absolute Gasteiger partial charge is 0.450 e. The van der Waals surface area contributed by atoms with Crippen LogP contribution in [0.4, 0.5) is 23.7 Å². The summed E-state index contributed by atoms with van der Waals surface area (Å²) in [5, 5.41) is 2.77. The first-order valence-electron chi connectivity index (χ1n) is 10.3. The molecule has 0 aliphatic heterocycles. The van der Waals surface area contributed by atoms with Crippen molar-refractivity contribution in [3.63, 3.8) is 0 Å². The van der Waals surface area contributed by atoms with Gasteiger partial charge in [0.2, 0.25) is 5.76 Å². The van der Waals surface area contributed by atoms with Crippen molar-refractivity contribution in [2.45, 2.75) is 6.18 Å². The number of benzene rings is 3. The van der Waals surface area contributed by atoms with Gasteiger partial charge in [-0.25, -0.2) is 9.10 Å². The average molecular weight is 533 g/mol. The third-order valence-electron chi connectivity index (χ3n) is 4.80. The fourth-order valence-corrected chi connectivity index (χ4v) is 3.45. The summed E-state index contributed by atoms with van der Waals surface area (Å²) in [4.78, 5) is 25.5. The molecule has 1 aromatic heterocycles. The van der Waals surface area contributed by atoms with Crippen molar-refractivity contribution in [2.75, 3.05) is 5.32 Å². The number of furan rings is 1. The number of para-hydroxylation sites is 1. The number of ether oxygens (including phenoxy) is 1.